The Morgan fingerprint density at radius 1 is 1.29 bits per heavy atom. The molecule has 1 aromatic rings. The van der Waals surface area contributed by atoms with Crippen molar-refractivity contribution in [1.29, 1.82) is 5.26 Å². The molecule has 6 nitrogen and oxygen atoms in total. The Labute approximate surface area is 125 Å². The zero-order valence-electron chi connectivity index (χ0n) is 12.6. The lowest BCUT2D eigenvalue weighted by Crippen LogP contribution is -2.41. The van der Waals surface area contributed by atoms with E-state index >= 15 is 0 Å². The number of nitriles is 1. The van der Waals surface area contributed by atoms with Crippen LogP contribution in [0.3, 0.4) is 0 Å². The Bertz CT molecular complexity index is 549. The summed E-state index contributed by atoms with van der Waals surface area (Å²) in [5.74, 6) is -0.528. The standard InChI is InChI=1S/C15H20N4O2/c1-12(20)19(11-15(21)17-8-9-18(2)3)14-7-5-4-6-13(14)10-16/h4-7H,8-9,11H2,1-3H3,(H,17,21). The van der Waals surface area contributed by atoms with Gasteiger partial charge in [-0.25, -0.2) is 0 Å². The van der Waals surface area contributed by atoms with E-state index in [0.717, 1.165) is 6.54 Å². The maximum atomic E-state index is 11.9. The fraction of sp³-hybridized carbons (Fsp3) is 0.400. The summed E-state index contributed by atoms with van der Waals surface area (Å²) in [5.41, 5.74) is 0.823. The first-order valence-electron chi connectivity index (χ1n) is 6.64. The smallest absolute Gasteiger partial charge is 0.240 e. The maximum absolute atomic E-state index is 11.9. The van der Waals surface area contributed by atoms with Crippen molar-refractivity contribution in [1.82, 2.24) is 10.2 Å². The average Bonchev–Trinajstić information content (AvgIpc) is 2.44. The van der Waals surface area contributed by atoms with Gasteiger partial charge in [0.2, 0.25) is 11.8 Å². The fourth-order valence-corrected chi connectivity index (χ4v) is 1.79. The van der Waals surface area contributed by atoms with Crippen LogP contribution < -0.4 is 10.2 Å². The van der Waals surface area contributed by atoms with Gasteiger partial charge in [-0.3, -0.25) is 9.59 Å². The van der Waals surface area contributed by atoms with Gasteiger partial charge >= 0.3 is 0 Å². The Kier molecular flexibility index (Phi) is 6.37. The van der Waals surface area contributed by atoms with Crippen LogP contribution in [0.1, 0.15) is 12.5 Å². The van der Waals surface area contributed by atoms with Gasteiger partial charge in [0.25, 0.3) is 0 Å². The Morgan fingerprint density at radius 3 is 2.52 bits per heavy atom. The van der Waals surface area contributed by atoms with Crippen LogP contribution in [0.25, 0.3) is 0 Å². The molecule has 21 heavy (non-hydrogen) atoms. The number of para-hydroxylation sites is 1. The van der Waals surface area contributed by atoms with Crippen molar-refractivity contribution in [3.8, 4) is 6.07 Å². The highest BCUT2D eigenvalue weighted by molar-refractivity contribution is 5.98. The summed E-state index contributed by atoms with van der Waals surface area (Å²) >= 11 is 0. The number of hydrogen-bond donors (Lipinski definition) is 1. The minimum Gasteiger partial charge on any atom is -0.353 e. The zero-order valence-corrected chi connectivity index (χ0v) is 12.6. The summed E-state index contributed by atoms with van der Waals surface area (Å²) < 4.78 is 0. The molecule has 112 valence electrons. The predicted molar refractivity (Wildman–Crippen MR) is 80.7 cm³/mol. The third kappa shape index (κ3) is 5.24. The third-order valence-corrected chi connectivity index (χ3v) is 2.88. The lowest BCUT2D eigenvalue weighted by Gasteiger charge is -2.22. The molecular formula is C15H20N4O2. The molecule has 1 rings (SSSR count). The van der Waals surface area contributed by atoms with Crippen LogP contribution in [0.15, 0.2) is 24.3 Å². The fourth-order valence-electron chi connectivity index (χ4n) is 1.79. The number of anilines is 1. The minimum absolute atomic E-state index is 0.0958. The van der Waals surface area contributed by atoms with Crippen LogP contribution in [0.2, 0.25) is 0 Å². The van der Waals surface area contributed by atoms with Gasteiger partial charge in [0.05, 0.1) is 11.3 Å². The Morgan fingerprint density at radius 2 is 1.95 bits per heavy atom. The highest BCUT2D eigenvalue weighted by Crippen LogP contribution is 2.19. The quantitative estimate of drug-likeness (QED) is 0.831. The number of rotatable bonds is 6. The van der Waals surface area contributed by atoms with Crippen molar-refractivity contribution < 1.29 is 9.59 Å². The van der Waals surface area contributed by atoms with E-state index in [-0.39, 0.29) is 18.4 Å². The zero-order chi connectivity index (χ0) is 15.8. The molecule has 2 amide bonds. The van der Waals surface area contributed by atoms with E-state index in [9.17, 15) is 9.59 Å². The van der Waals surface area contributed by atoms with E-state index in [4.69, 9.17) is 5.26 Å². The van der Waals surface area contributed by atoms with Gasteiger partial charge < -0.3 is 15.1 Å². The number of likely N-dealkylation sites (N-methyl/N-ethyl adjacent to an activating group) is 1. The Balaban J connectivity index is 2.77. The molecule has 0 spiro atoms. The van der Waals surface area contributed by atoms with Crippen molar-refractivity contribution in [2.75, 3.05) is 38.6 Å². The summed E-state index contributed by atoms with van der Waals surface area (Å²) in [7, 11) is 3.83. The van der Waals surface area contributed by atoms with Crippen molar-refractivity contribution in [2.24, 2.45) is 0 Å². The van der Waals surface area contributed by atoms with Crippen LogP contribution in [0.5, 0.6) is 0 Å². The number of benzene rings is 1. The molecule has 0 aliphatic rings. The van der Waals surface area contributed by atoms with Crippen molar-refractivity contribution in [2.45, 2.75) is 6.92 Å². The van der Waals surface area contributed by atoms with Gasteiger partial charge in [0, 0.05) is 20.0 Å². The molecule has 0 saturated heterocycles. The van der Waals surface area contributed by atoms with E-state index in [1.165, 1.54) is 11.8 Å². The third-order valence-electron chi connectivity index (χ3n) is 2.88. The van der Waals surface area contributed by atoms with E-state index in [0.29, 0.717) is 17.8 Å². The first-order valence-corrected chi connectivity index (χ1v) is 6.64. The molecule has 0 bridgehead atoms. The molecule has 1 aromatic carbocycles. The van der Waals surface area contributed by atoms with Gasteiger partial charge in [-0.2, -0.15) is 5.26 Å². The summed E-state index contributed by atoms with van der Waals surface area (Å²) in [6, 6.07) is 8.76. The second kappa shape index (κ2) is 8.02. The van der Waals surface area contributed by atoms with E-state index in [1.807, 2.05) is 25.1 Å². The van der Waals surface area contributed by atoms with Gasteiger partial charge in [0.15, 0.2) is 0 Å². The molecule has 0 heterocycles. The van der Waals surface area contributed by atoms with Crippen LogP contribution >= 0.6 is 0 Å². The van der Waals surface area contributed by atoms with Gasteiger partial charge in [-0.05, 0) is 26.2 Å². The maximum Gasteiger partial charge on any atom is 0.240 e. The van der Waals surface area contributed by atoms with Crippen molar-refractivity contribution >= 4 is 17.5 Å². The Hall–Kier alpha value is -2.39. The second-order valence-electron chi connectivity index (χ2n) is 4.89. The summed E-state index contributed by atoms with van der Waals surface area (Å²) in [5, 5.41) is 11.8. The van der Waals surface area contributed by atoms with Crippen LogP contribution in [0, 0.1) is 11.3 Å². The van der Waals surface area contributed by atoms with Gasteiger partial charge in [-0.1, -0.05) is 12.1 Å². The van der Waals surface area contributed by atoms with Crippen LogP contribution in [-0.2, 0) is 9.59 Å². The summed E-state index contributed by atoms with van der Waals surface area (Å²) in [6.07, 6.45) is 0. The molecule has 0 unspecified atom stereocenters. The molecule has 6 heteroatoms. The molecule has 0 saturated carbocycles. The molecule has 0 atom stereocenters. The topological polar surface area (TPSA) is 76.4 Å². The highest BCUT2D eigenvalue weighted by Gasteiger charge is 2.18. The van der Waals surface area contributed by atoms with Gasteiger partial charge in [0.1, 0.15) is 12.6 Å². The minimum atomic E-state index is -0.277. The molecule has 0 radical (unpaired) electrons. The first kappa shape index (κ1) is 16.7. The highest BCUT2D eigenvalue weighted by atomic mass is 16.2. The van der Waals surface area contributed by atoms with Crippen molar-refractivity contribution in [3.63, 3.8) is 0 Å². The van der Waals surface area contributed by atoms with E-state index < -0.39 is 0 Å². The molecule has 0 aromatic heterocycles. The monoisotopic (exact) mass is 288 g/mol. The second-order valence-corrected chi connectivity index (χ2v) is 4.89. The molecular weight excluding hydrogens is 268 g/mol. The number of nitrogens with zero attached hydrogens (tertiary/aromatic N) is 3. The molecule has 1 N–H and O–H groups in total. The lowest BCUT2D eigenvalue weighted by atomic mass is 10.1. The number of amides is 2. The van der Waals surface area contributed by atoms with E-state index in [1.54, 1.807) is 24.3 Å². The largest absolute Gasteiger partial charge is 0.353 e. The average molecular weight is 288 g/mol. The SMILES string of the molecule is CC(=O)N(CC(=O)NCCN(C)C)c1ccccc1C#N. The predicted octanol–water partition coefficient (Wildman–Crippen LogP) is 0.589. The molecule has 0 fully saturated rings. The summed E-state index contributed by atoms with van der Waals surface area (Å²) in [6.45, 7) is 2.51. The number of nitrogens with one attached hydrogen (secondary N) is 1. The number of carbonyl (C=O) groups excluding carboxylic acids is 2. The van der Waals surface area contributed by atoms with Gasteiger partial charge in [-0.15, -0.1) is 0 Å². The first-order chi connectivity index (χ1) is 9.95. The molecule has 0 aliphatic heterocycles. The molecule has 0 aliphatic carbocycles. The van der Waals surface area contributed by atoms with E-state index in [2.05, 4.69) is 5.32 Å². The summed E-state index contributed by atoms with van der Waals surface area (Å²) in [4.78, 5) is 26.9. The normalized spacial score (nSPS) is 10.0. The number of carbonyl (C=O) groups is 2. The van der Waals surface area contributed by atoms with Crippen LogP contribution in [-0.4, -0.2) is 50.4 Å². The van der Waals surface area contributed by atoms with Crippen LogP contribution in [0.4, 0.5) is 5.69 Å². The number of hydrogen-bond acceptors (Lipinski definition) is 4. The van der Waals surface area contributed by atoms with Crippen molar-refractivity contribution in [3.05, 3.63) is 29.8 Å². The lowest BCUT2D eigenvalue weighted by molar-refractivity contribution is -0.123.